The molecule has 0 aliphatic heterocycles. The van der Waals surface area contributed by atoms with Crippen molar-refractivity contribution in [1.82, 2.24) is 0 Å². The molecule has 0 saturated carbocycles. The van der Waals surface area contributed by atoms with Crippen LogP contribution in [0.5, 0.6) is 5.75 Å². The Morgan fingerprint density at radius 2 is 2.09 bits per heavy atom. The van der Waals surface area contributed by atoms with Gasteiger partial charge < -0.3 is 9.47 Å². The lowest BCUT2D eigenvalue weighted by Gasteiger charge is -2.28. The summed E-state index contributed by atoms with van der Waals surface area (Å²) in [6.45, 7) is 7.86. The highest BCUT2D eigenvalue weighted by molar-refractivity contribution is 9.11. The normalized spacial score (nSPS) is 14.4. The zero-order chi connectivity index (χ0) is 16.8. The molecule has 3 nitrogen and oxygen atoms in total. The lowest BCUT2D eigenvalue weighted by Crippen LogP contribution is -2.29. The Morgan fingerprint density at radius 3 is 2.64 bits per heavy atom. The number of rotatable bonds is 7. The first-order chi connectivity index (χ1) is 10.3. The van der Waals surface area contributed by atoms with E-state index in [0.29, 0.717) is 24.3 Å². The summed E-state index contributed by atoms with van der Waals surface area (Å²) in [6, 6.07) is 4.18. The Hall–Kier alpha value is -1.36. The number of hydrogen-bond acceptors (Lipinski definition) is 3. The molecular formula is C17H22BrFO3. The van der Waals surface area contributed by atoms with E-state index in [1.807, 2.05) is 26.8 Å². The number of esters is 1. The van der Waals surface area contributed by atoms with Gasteiger partial charge in [0.05, 0.1) is 13.0 Å². The average molecular weight is 373 g/mol. The van der Waals surface area contributed by atoms with Crippen LogP contribution in [0.25, 0.3) is 0 Å². The first-order valence-corrected chi connectivity index (χ1v) is 8.07. The maximum Gasteiger partial charge on any atom is 0.310 e. The second kappa shape index (κ2) is 8.32. The standard InChI is InChI=1S/C17H22BrFO3/c1-5-17(4,11-12(3)18)22-15-10-14(19)8-7-13(15)9-16(20)21-6-2/h7-8,10-11H,5-6,9H2,1-4H3/b12-11+. The summed E-state index contributed by atoms with van der Waals surface area (Å²) in [5.41, 5.74) is 0.0188. The molecule has 0 N–H and O–H groups in total. The predicted octanol–water partition coefficient (Wildman–Crippen LogP) is 4.78. The van der Waals surface area contributed by atoms with Crippen molar-refractivity contribution in [2.45, 2.75) is 46.1 Å². The van der Waals surface area contributed by atoms with Gasteiger partial charge in [-0.15, -0.1) is 0 Å². The monoisotopic (exact) mass is 372 g/mol. The summed E-state index contributed by atoms with van der Waals surface area (Å²) < 4.78 is 25.4. The highest BCUT2D eigenvalue weighted by atomic mass is 79.9. The van der Waals surface area contributed by atoms with E-state index in [1.54, 1.807) is 13.0 Å². The van der Waals surface area contributed by atoms with Crippen molar-refractivity contribution in [2.75, 3.05) is 6.61 Å². The molecule has 0 aromatic heterocycles. The lowest BCUT2D eigenvalue weighted by atomic mass is 10.0. The molecule has 122 valence electrons. The molecule has 5 heteroatoms. The second-order valence-corrected chi connectivity index (χ2v) is 6.48. The molecule has 1 aromatic rings. The molecule has 0 bridgehead atoms. The Balaban J connectivity index is 3.09. The van der Waals surface area contributed by atoms with Crippen LogP contribution in [0, 0.1) is 5.82 Å². The molecule has 0 saturated heterocycles. The van der Waals surface area contributed by atoms with E-state index in [1.165, 1.54) is 12.1 Å². The quantitative estimate of drug-likeness (QED) is 0.646. The molecule has 22 heavy (non-hydrogen) atoms. The van der Waals surface area contributed by atoms with Crippen molar-refractivity contribution in [3.63, 3.8) is 0 Å². The number of allylic oxidation sites excluding steroid dienone is 1. The molecule has 1 aromatic carbocycles. The summed E-state index contributed by atoms with van der Waals surface area (Å²) >= 11 is 3.39. The maximum atomic E-state index is 13.6. The molecule has 1 unspecified atom stereocenters. The van der Waals surface area contributed by atoms with Crippen LogP contribution in [0.4, 0.5) is 4.39 Å². The molecule has 0 amide bonds. The van der Waals surface area contributed by atoms with Crippen LogP contribution in [0.15, 0.2) is 28.8 Å². The third kappa shape index (κ3) is 5.79. The van der Waals surface area contributed by atoms with Gasteiger partial charge in [0, 0.05) is 11.6 Å². The number of carbonyl (C=O) groups is 1. The van der Waals surface area contributed by atoms with Gasteiger partial charge in [-0.05, 0) is 43.8 Å². The van der Waals surface area contributed by atoms with E-state index >= 15 is 0 Å². The van der Waals surface area contributed by atoms with Crippen LogP contribution in [-0.4, -0.2) is 18.2 Å². The average Bonchev–Trinajstić information content (AvgIpc) is 2.41. The number of halogens is 2. The minimum absolute atomic E-state index is 0.0558. The molecule has 0 heterocycles. The zero-order valence-electron chi connectivity index (χ0n) is 13.4. The van der Waals surface area contributed by atoms with Gasteiger partial charge in [-0.25, -0.2) is 4.39 Å². The van der Waals surface area contributed by atoms with Gasteiger partial charge in [0.15, 0.2) is 0 Å². The van der Waals surface area contributed by atoms with Crippen LogP contribution in [-0.2, 0) is 16.0 Å². The lowest BCUT2D eigenvalue weighted by molar-refractivity contribution is -0.142. The SMILES string of the molecule is CCOC(=O)Cc1ccc(F)cc1OC(C)(/C=C(\C)Br)CC. The van der Waals surface area contributed by atoms with Crippen molar-refractivity contribution >= 4 is 21.9 Å². The number of benzene rings is 1. The van der Waals surface area contributed by atoms with E-state index in [9.17, 15) is 9.18 Å². The highest BCUT2D eigenvalue weighted by Gasteiger charge is 2.23. The van der Waals surface area contributed by atoms with Crippen molar-refractivity contribution in [3.8, 4) is 5.75 Å². The summed E-state index contributed by atoms with van der Waals surface area (Å²) in [5, 5.41) is 0. The Kier molecular flexibility index (Phi) is 7.07. The third-order valence-corrected chi connectivity index (χ3v) is 3.45. The first kappa shape index (κ1) is 18.7. The van der Waals surface area contributed by atoms with Gasteiger partial charge in [0.2, 0.25) is 0 Å². The van der Waals surface area contributed by atoms with Crippen LogP contribution in [0.3, 0.4) is 0 Å². The van der Waals surface area contributed by atoms with Gasteiger partial charge in [-0.1, -0.05) is 28.9 Å². The Labute approximate surface area is 139 Å². The maximum absolute atomic E-state index is 13.6. The van der Waals surface area contributed by atoms with Crippen molar-refractivity contribution in [1.29, 1.82) is 0 Å². The molecule has 0 spiro atoms. The Morgan fingerprint density at radius 1 is 1.41 bits per heavy atom. The van der Waals surface area contributed by atoms with Crippen LogP contribution in [0.2, 0.25) is 0 Å². The summed E-state index contributed by atoms with van der Waals surface area (Å²) in [4.78, 5) is 11.7. The fraction of sp³-hybridized carbons (Fsp3) is 0.471. The zero-order valence-corrected chi connectivity index (χ0v) is 15.0. The van der Waals surface area contributed by atoms with Gasteiger partial charge in [0.25, 0.3) is 0 Å². The van der Waals surface area contributed by atoms with Gasteiger partial charge in [-0.3, -0.25) is 4.79 Å². The van der Waals surface area contributed by atoms with Crippen molar-refractivity contribution < 1.29 is 18.7 Å². The predicted molar refractivity (Wildman–Crippen MR) is 88.7 cm³/mol. The van der Waals surface area contributed by atoms with Crippen molar-refractivity contribution in [2.24, 2.45) is 0 Å². The largest absolute Gasteiger partial charge is 0.483 e. The highest BCUT2D eigenvalue weighted by Crippen LogP contribution is 2.29. The molecule has 0 fully saturated rings. The third-order valence-electron chi connectivity index (χ3n) is 3.22. The molecular weight excluding hydrogens is 351 g/mol. The first-order valence-electron chi connectivity index (χ1n) is 7.27. The van der Waals surface area contributed by atoms with E-state index in [2.05, 4.69) is 15.9 Å². The number of hydrogen-bond donors (Lipinski definition) is 0. The fourth-order valence-electron chi connectivity index (χ4n) is 2.01. The summed E-state index contributed by atoms with van der Waals surface area (Å²) in [5.74, 6) is -0.396. The van der Waals surface area contributed by atoms with Crippen molar-refractivity contribution in [3.05, 3.63) is 40.1 Å². The van der Waals surface area contributed by atoms with Gasteiger partial charge in [0.1, 0.15) is 17.2 Å². The second-order valence-electron chi connectivity index (χ2n) is 5.23. The van der Waals surface area contributed by atoms with Crippen LogP contribution >= 0.6 is 15.9 Å². The molecule has 0 aliphatic rings. The summed E-state index contributed by atoms with van der Waals surface area (Å²) in [6.07, 6.45) is 2.68. The minimum atomic E-state index is -0.592. The minimum Gasteiger partial charge on any atom is -0.483 e. The number of ether oxygens (including phenoxy) is 2. The van der Waals surface area contributed by atoms with Gasteiger partial charge in [-0.2, -0.15) is 0 Å². The van der Waals surface area contributed by atoms with Crippen LogP contribution < -0.4 is 4.74 Å². The molecule has 1 rings (SSSR count). The number of carbonyl (C=O) groups excluding carboxylic acids is 1. The molecule has 1 atom stereocenters. The van der Waals surface area contributed by atoms with E-state index in [-0.39, 0.29) is 12.4 Å². The van der Waals surface area contributed by atoms with Crippen LogP contribution in [0.1, 0.15) is 39.7 Å². The van der Waals surface area contributed by atoms with E-state index in [0.717, 1.165) is 4.48 Å². The van der Waals surface area contributed by atoms with E-state index in [4.69, 9.17) is 9.47 Å². The molecule has 0 radical (unpaired) electrons. The van der Waals surface area contributed by atoms with Gasteiger partial charge >= 0.3 is 5.97 Å². The molecule has 0 aliphatic carbocycles. The topological polar surface area (TPSA) is 35.5 Å². The summed E-state index contributed by atoms with van der Waals surface area (Å²) in [7, 11) is 0. The Bertz CT molecular complexity index is 553. The smallest absolute Gasteiger partial charge is 0.310 e. The van der Waals surface area contributed by atoms with E-state index < -0.39 is 11.4 Å². The fourth-order valence-corrected chi connectivity index (χ4v) is 2.50.